The summed E-state index contributed by atoms with van der Waals surface area (Å²) in [5.74, 6) is 0.0406. The standard InChI is InChI=1S/C15H7BrO4/c16-7-1-4-11-10(5-7)13-14(19-11)9-3-2-8(17)6-12(9)20-15(13)18/h1-6,17H. The van der Waals surface area contributed by atoms with Crippen LogP contribution < -0.4 is 5.63 Å². The molecule has 2 heterocycles. The van der Waals surface area contributed by atoms with Crippen molar-refractivity contribution < 1.29 is 13.9 Å². The van der Waals surface area contributed by atoms with Crippen molar-refractivity contribution in [2.45, 2.75) is 0 Å². The first-order chi connectivity index (χ1) is 9.63. The zero-order chi connectivity index (χ0) is 13.9. The second-order valence-corrected chi connectivity index (χ2v) is 5.43. The predicted molar refractivity (Wildman–Crippen MR) is 79.1 cm³/mol. The van der Waals surface area contributed by atoms with E-state index in [0.29, 0.717) is 32.9 Å². The summed E-state index contributed by atoms with van der Waals surface area (Å²) in [4.78, 5) is 12.2. The highest BCUT2D eigenvalue weighted by molar-refractivity contribution is 9.10. The average molecular weight is 331 g/mol. The fourth-order valence-corrected chi connectivity index (χ4v) is 2.76. The van der Waals surface area contributed by atoms with E-state index in [4.69, 9.17) is 8.83 Å². The third-order valence-corrected chi connectivity index (χ3v) is 3.76. The monoisotopic (exact) mass is 330 g/mol. The van der Waals surface area contributed by atoms with Gasteiger partial charge in [0.15, 0.2) is 5.58 Å². The molecule has 0 fully saturated rings. The molecule has 0 aliphatic rings. The lowest BCUT2D eigenvalue weighted by molar-refractivity contribution is 0.473. The molecule has 4 aromatic rings. The molecule has 0 amide bonds. The summed E-state index contributed by atoms with van der Waals surface area (Å²) in [7, 11) is 0. The van der Waals surface area contributed by atoms with Gasteiger partial charge in [-0.25, -0.2) is 4.79 Å². The Bertz CT molecular complexity index is 1040. The third-order valence-electron chi connectivity index (χ3n) is 3.27. The number of halogens is 1. The summed E-state index contributed by atoms with van der Waals surface area (Å²) < 4.78 is 11.9. The van der Waals surface area contributed by atoms with Gasteiger partial charge >= 0.3 is 5.63 Å². The maximum atomic E-state index is 12.2. The van der Waals surface area contributed by atoms with Crippen molar-refractivity contribution in [3.63, 3.8) is 0 Å². The number of hydrogen-bond acceptors (Lipinski definition) is 4. The minimum Gasteiger partial charge on any atom is -0.508 e. The van der Waals surface area contributed by atoms with E-state index in [1.54, 1.807) is 12.1 Å². The van der Waals surface area contributed by atoms with Crippen molar-refractivity contribution in [1.82, 2.24) is 0 Å². The molecule has 4 rings (SSSR count). The molecule has 98 valence electrons. The van der Waals surface area contributed by atoms with E-state index in [-0.39, 0.29) is 5.75 Å². The summed E-state index contributed by atoms with van der Waals surface area (Å²) in [5.41, 5.74) is 0.927. The Labute approximate surface area is 120 Å². The predicted octanol–water partition coefficient (Wildman–Crippen LogP) is 4.16. The van der Waals surface area contributed by atoms with Crippen LogP contribution in [0.15, 0.2) is 54.5 Å². The highest BCUT2D eigenvalue weighted by Gasteiger charge is 2.16. The number of rotatable bonds is 0. The van der Waals surface area contributed by atoms with Crippen LogP contribution in [0.3, 0.4) is 0 Å². The normalized spacial score (nSPS) is 11.7. The van der Waals surface area contributed by atoms with Gasteiger partial charge in [0, 0.05) is 15.9 Å². The van der Waals surface area contributed by atoms with Gasteiger partial charge in [0.25, 0.3) is 0 Å². The van der Waals surface area contributed by atoms with Gasteiger partial charge in [-0.05, 0) is 30.3 Å². The van der Waals surface area contributed by atoms with E-state index in [1.165, 1.54) is 12.1 Å². The third kappa shape index (κ3) is 1.50. The fourth-order valence-electron chi connectivity index (χ4n) is 2.40. The van der Waals surface area contributed by atoms with Gasteiger partial charge in [0.2, 0.25) is 0 Å². The molecule has 1 N–H and O–H groups in total. The molecule has 0 atom stereocenters. The van der Waals surface area contributed by atoms with Gasteiger partial charge in [0.1, 0.15) is 22.3 Å². The molecule has 0 radical (unpaired) electrons. The average Bonchev–Trinajstić information content (AvgIpc) is 2.77. The van der Waals surface area contributed by atoms with Crippen LogP contribution in [-0.2, 0) is 0 Å². The molecule has 4 nitrogen and oxygen atoms in total. The Morgan fingerprint density at radius 3 is 2.65 bits per heavy atom. The Balaban J connectivity index is 2.33. The van der Waals surface area contributed by atoms with Crippen LogP contribution in [0.2, 0.25) is 0 Å². The topological polar surface area (TPSA) is 63.6 Å². The zero-order valence-corrected chi connectivity index (χ0v) is 11.6. The molecular formula is C15H7BrO4. The first-order valence-electron chi connectivity index (χ1n) is 5.91. The van der Waals surface area contributed by atoms with E-state index < -0.39 is 5.63 Å². The molecule has 5 heteroatoms. The quantitative estimate of drug-likeness (QED) is 0.492. The van der Waals surface area contributed by atoms with Crippen LogP contribution in [0.4, 0.5) is 0 Å². The van der Waals surface area contributed by atoms with E-state index in [9.17, 15) is 9.90 Å². The first kappa shape index (κ1) is 11.5. The lowest BCUT2D eigenvalue weighted by Crippen LogP contribution is -1.97. The molecule has 0 saturated carbocycles. The molecule has 0 aliphatic carbocycles. The molecule has 0 saturated heterocycles. The molecule has 0 unspecified atom stereocenters. The number of fused-ring (bicyclic) bond motifs is 5. The SMILES string of the molecule is O=c1oc2cc(O)ccc2c2oc3ccc(Br)cc3c12. The summed E-state index contributed by atoms with van der Waals surface area (Å²) in [6.45, 7) is 0. The van der Waals surface area contributed by atoms with Crippen molar-refractivity contribution in [2.75, 3.05) is 0 Å². The maximum Gasteiger partial charge on any atom is 0.348 e. The minimum absolute atomic E-state index is 0.0406. The van der Waals surface area contributed by atoms with E-state index in [1.807, 2.05) is 12.1 Å². The van der Waals surface area contributed by atoms with Gasteiger partial charge in [-0.2, -0.15) is 0 Å². The van der Waals surface area contributed by atoms with Crippen molar-refractivity contribution in [3.05, 3.63) is 51.3 Å². The highest BCUT2D eigenvalue weighted by Crippen LogP contribution is 2.33. The van der Waals surface area contributed by atoms with Crippen LogP contribution in [0, 0.1) is 0 Å². The Hall–Kier alpha value is -2.27. The van der Waals surface area contributed by atoms with Crippen molar-refractivity contribution >= 4 is 48.8 Å². The smallest absolute Gasteiger partial charge is 0.348 e. The van der Waals surface area contributed by atoms with Crippen LogP contribution >= 0.6 is 15.9 Å². The van der Waals surface area contributed by atoms with Crippen molar-refractivity contribution in [2.24, 2.45) is 0 Å². The Morgan fingerprint density at radius 1 is 0.950 bits per heavy atom. The second kappa shape index (κ2) is 3.86. The van der Waals surface area contributed by atoms with Crippen LogP contribution in [0.5, 0.6) is 5.75 Å². The Morgan fingerprint density at radius 2 is 1.80 bits per heavy atom. The van der Waals surface area contributed by atoms with Crippen molar-refractivity contribution in [1.29, 1.82) is 0 Å². The highest BCUT2D eigenvalue weighted by atomic mass is 79.9. The van der Waals surface area contributed by atoms with E-state index >= 15 is 0 Å². The van der Waals surface area contributed by atoms with Gasteiger partial charge < -0.3 is 13.9 Å². The molecule has 2 aromatic heterocycles. The van der Waals surface area contributed by atoms with Crippen LogP contribution in [-0.4, -0.2) is 5.11 Å². The summed E-state index contributed by atoms with van der Waals surface area (Å²) in [6, 6.07) is 10.1. The number of phenols is 1. The minimum atomic E-state index is -0.477. The van der Waals surface area contributed by atoms with Gasteiger partial charge in [-0.3, -0.25) is 0 Å². The van der Waals surface area contributed by atoms with Crippen molar-refractivity contribution in [3.8, 4) is 5.75 Å². The Kier molecular flexibility index (Phi) is 2.23. The summed E-state index contributed by atoms with van der Waals surface area (Å²) >= 11 is 3.38. The first-order valence-corrected chi connectivity index (χ1v) is 6.70. The van der Waals surface area contributed by atoms with Crippen LogP contribution in [0.1, 0.15) is 0 Å². The number of hydrogen-bond donors (Lipinski definition) is 1. The van der Waals surface area contributed by atoms with Crippen LogP contribution in [0.25, 0.3) is 32.9 Å². The molecule has 0 spiro atoms. The summed E-state index contributed by atoms with van der Waals surface area (Å²) in [5, 5.41) is 11.3. The van der Waals surface area contributed by atoms with E-state index in [0.717, 1.165) is 4.47 Å². The lowest BCUT2D eigenvalue weighted by Gasteiger charge is -1.97. The number of benzene rings is 2. The number of phenolic OH excluding ortho intramolecular Hbond substituents is 1. The largest absolute Gasteiger partial charge is 0.508 e. The number of aromatic hydroxyl groups is 1. The molecule has 20 heavy (non-hydrogen) atoms. The lowest BCUT2D eigenvalue weighted by atomic mass is 10.1. The zero-order valence-electron chi connectivity index (χ0n) is 10.0. The van der Waals surface area contributed by atoms with Gasteiger partial charge in [-0.1, -0.05) is 15.9 Å². The molecule has 2 aromatic carbocycles. The summed E-state index contributed by atoms with van der Waals surface area (Å²) in [6.07, 6.45) is 0. The molecule has 0 aliphatic heterocycles. The van der Waals surface area contributed by atoms with Gasteiger partial charge in [-0.15, -0.1) is 0 Å². The molecular weight excluding hydrogens is 324 g/mol. The second-order valence-electron chi connectivity index (χ2n) is 4.52. The fraction of sp³-hybridized carbons (Fsp3) is 0. The van der Waals surface area contributed by atoms with E-state index in [2.05, 4.69) is 15.9 Å². The maximum absolute atomic E-state index is 12.2. The van der Waals surface area contributed by atoms with Gasteiger partial charge in [0.05, 0.1) is 5.39 Å². The molecule has 0 bridgehead atoms. The number of furan rings is 1.